The van der Waals surface area contributed by atoms with Crippen LogP contribution < -0.4 is 10.6 Å². The lowest BCUT2D eigenvalue weighted by molar-refractivity contribution is -0.128. The minimum Gasteiger partial charge on any atom is -0.374 e. The van der Waals surface area contributed by atoms with Gasteiger partial charge < -0.3 is 15.5 Å². The maximum absolute atomic E-state index is 12.8. The number of anilines is 1. The number of carbonyl (C=O) groups is 2. The summed E-state index contributed by atoms with van der Waals surface area (Å²) in [5.74, 6) is -0.168. The Morgan fingerprint density at radius 1 is 1.06 bits per heavy atom. The molecule has 1 unspecified atom stereocenters. The van der Waals surface area contributed by atoms with Crippen molar-refractivity contribution in [2.75, 3.05) is 11.9 Å². The number of pyridine rings is 1. The molecule has 1 fully saturated rings. The van der Waals surface area contributed by atoms with Crippen molar-refractivity contribution in [2.45, 2.75) is 32.5 Å². The van der Waals surface area contributed by atoms with E-state index in [9.17, 15) is 9.59 Å². The number of carbonyl (C=O) groups excluding carboxylic acids is 2. The zero-order valence-electron chi connectivity index (χ0n) is 17.5. The van der Waals surface area contributed by atoms with E-state index in [2.05, 4.69) is 46.8 Å². The van der Waals surface area contributed by atoms with Crippen molar-refractivity contribution in [2.24, 2.45) is 0 Å². The first-order valence-electron chi connectivity index (χ1n) is 10.5. The van der Waals surface area contributed by atoms with Gasteiger partial charge in [-0.05, 0) is 36.6 Å². The minimum absolute atomic E-state index is 0.0764. The molecule has 158 valence electrons. The average molecular weight is 415 g/mol. The van der Waals surface area contributed by atoms with Gasteiger partial charge in [0, 0.05) is 31.5 Å². The van der Waals surface area contributed by atoms with Crippen molar-refractivity contribution < 1.29 is 9.59 Å². The summed E-state index contributed by atoms with van der Waals surface area (Å²) in [6.07, 6.45) is 2.31. The van der Waals surface area contributed by atoms with E-state index in [0.717, 1.165) is 23.2 Å². The van der Waals surface area contributed by atoms with Crippen LogP contribution in [0.3, 0.4) is 0 Å². The second-order valence-electron chi connectivity index (χ2n) is 7.83. The van der Waals surface area contributed by atoms with Crippen LogP contribution in [0.5, 0.6) is 0 Å². The third-order valence-corrected chi connectivity index (χ3v) is 5.42. The molecule has 2 aromatic carbocycles. The number of hydrogen-bond acceptors (Lipinski definition) is 4. The predicted octanol–water partition coefficient (Wildman–Crippen LogP) is 3.53. The molecule has 0 bridgehead atoms. The zero-order valence-corrected chi connectivity index (χ0v) is 17.5. The second kappa shape index (κ2) is 9.43. The molecular weight excluding hydrogens is 388 g/mol. The van der Waals surface area contributed by atoms with Gasteiger partial charge in [-0.15, -0.1) is 0 Å². The van der Waals surface area contributed by atoms with E-state index < -0.39 is 0 Å². The number of aryl methyl sites for hydroxylation is 1. The van der Waals surface area contributed by atoms with Gasteiger partial charge in [-0.1, -0.05) is 60.2 Å². The van der Waals surface area contributed by atoms with Gasteiger partial charge in [-0.25, -0.2) is 0 Å². The van der Waals surface area contributed by atoms with Crippen molar-refractivity contribution in [3.8, 4) is 0 Å². The molecule has 1 aromatic heterocycles. The third-order valence-electron chi connectivity index (χ3n) is 5.42. The molecule has 3 aromatic rings. The highest BCUT2D eigenvalue weighted by Crippen LogP contribution is 2.20. The second-order valence-corrected chi connectivity index (χ2v) is 7.83. The number of benzene rings is 2. The summed E-state index contributed by atoms with van der Waals surface area (Å²) in [7, 11) is 0. The van der Waals surface area contributed by atoms with E-state index in [-0.39, 0.29) is 17.9 Å². The molecule has 4 rings (SSSR count). The topological polar surface area (TPSA) is 74.3 Å². The van der Waals surface area contributed by atoms with Crippen LogP contribution >= 0.6 is 0 Å². The lowest BCUT2D eigenvalue weighted by Gasteiger charge is -2.18. The summed E-state index contributed by atoms with van der Waals surface area (Å²) >= 11 is 0. The summed E-state index contributed by atoms with van der Waals surface area (Å²) in [6, 6.07) is 21.1. The van der Waals surface area contributed by atoms with Gasteiger partial charge in [0.2, 0.25) is 5.91 Å². The Kier molecular flexibility index (Phi) is 6.26. The predicted molar refractivity (Wildman–Crippen MR) is 120 cm³/mol. The fourth-order valence-corrected chi connectivity index (χ4v) is 3.66. The van der Waals surface area contributed by atoms with Gasteiger partial charge in [-0.2, -0.15) is 0 Å². The zero-order chi connectivity index (χ0) is 21.6. The van der Waals surface area contributed by atoms with Gasteiger partial charge in [0.05, 0.1) is 0 Å². The number of nitrogens with zero attached hydrogens (tertiary/aromatic N) is 2. The molecule has 1 saturated heterocycles. The van der Waals surface area contributed by atoms with Crippen LogP contribution in [0.4, 0.5) is 5.69 Å². The molecule has 0 aliphatic carbocycles. The highest BCUT2D eigenvalue weighted by molar-refractivity contribution is 5.93. The van der Waals surface area contributed by atoms with Gasteiger partial charge in [0.1, 0.15) is 11.7 Å². The first-order chi connectivity index (χ1) is 15.1. The van der Waals surface area contributed by atoms with Crippen LogP contribution in [0.2, 0.25) is 0 Å². The normalized spacial score (nSPS) is 15.7. The van der Waals surface area contributed by atoms with E-state index >= 15 is 0 Å². The van der Waals surface area contributed by atoms with Crippen LogP contribution in [0.15, 0.2) is 72.9 Å². The van der Waals surface area contributed by atoms with Crippen LogP contribution in [-0.4, -0.2) is 34.3 Å². The highest BCUT2D eigenvalue weighted by atomic mass is 16.2. The van der Waals surface area contributed by atoms with Crippen LogP contribution in [0.25, 0.3) is 0 Å². The Hall–Kier alpha value is -3.67. The van der Waals surface area contributed by atoms with Crippen molar-refractivity contribution in [1.29, 1.82) is 0 Å². The lowest BCUT2D eigenvalue weighted by atomic mass is 10.1. The van der Waals surface area contributed by atoms with E-state index in [1.807, 2.05) is 35.2 Å². The molecule has 0 spiro atoms. The molecule has 2 N–H and O–H groups in total. The Labute approximate surface area is 182 Å². The number of rotatable bonds is 7. The molecule has 6 heteroatoms. The van der Waals surface area contributed by atoms with Crippen LogP contribution in [-0.2, 0) is 17.9 Å². The van der Waals surface area contributed by atoms with Crippen molar-refractivity contribution in [1.82, 2.24) is 15.2 Å². The molecule has 6 nitrogen and oxygen atoms in total. The summed E-state index contributed by atoms with van der Waals surface area (Å²) < 4.78 is 0. The highest BCUT2D eigenvalue weighted by Gasteiger charge is 2.31. The van der Waals surface area contributed by atoms with E-state index in [1.54, 1.807) is 18.3 Å². The summed E-state index contributed by atoms with van der Waals surface area (Å²) in [5, 5.41) is 6.15. The third kappa shape index (κ3) is 5.28. The Balaban J connectivity index is 1.34. The van der Waals surface area contributed by atoms with Gasteiger partial charge in [0.25, 0.3) is 5.91 Å². The standard InChI is InChI=1S/C25H26N4O2/c1-18-7-9-20(10-8-18)17-29-14-12-22(25(29)31)28-21-11-13-26-23(15-21)24(30)27-16-19-5-3-2-4-6-19/h2-11,13,15,22H,12,14,16-17H2,1H3,(H,26,28)(H,27,30). The van der Waals surface area contributed by atoms with Crippen molar-refractivity contribution in [3.63, 3.8) is 0 Å². The fourth-order valence-electron chi connectivity index (χ4n) is 3.66. The van der Waals surface area contributed by atoms with Gasteiger partial charge in [-0.3, -0.25) is 14.6 Å². The van der Waals surface area contributed by atoms with Crippen LogP contribution in [0.1, 0.15) is 33.6 Å². The number of amides is 2. The molecule has 2 amide bonds. The number of hydrogen-bond donors (Lipinski definition) is 2. The molecule has 0 saturated carbocycles. The summed E-state index contributed by atoms with van der Waals surface area (Å²) in [6.45, 7) is 3.81. The molecule has 31 heavy (non-hydrogen) atoms. The minimum atomic E-state index is -0.298. The lowest BCUT2D eigenvalue weighted by Crippen LogP contribution is -2.33. The maximum atomic E-state index is 12.8. The van der Waals surface area contributed by atoms with E-state index in [1.165, 1.54) is 5.56 Å². The fraction of sp³-hybridized carbons (Fsp3) is 0.240. The summed E-state index contributed by atoms with van der Waals surface area (Å²) in [5.41, 5.74) is 4.40. The van der Waals surface area contributed by atoms with Crippen molar-refractivity contribution in [3.05, 3.63) is 95.3 Å². The first kappa shape index (κ1) is 20.6. The van der Waals surface area contributed by atoms with Gasteiger partial charge >= 0.3 is 0 Å². The average Bonchev–Trinajstić information content (AvgIpc) is 3.13. The molecule has 1 atom stereocenters. The van der Waals surface area contributed by atoms with E-state index in [0.29, 0.717) is 25.3 Å². The van der Waals surface area contributed by atoms with E-state index in [4.69, 9.17) is 0 Å². The monoisotopic (exact) mass is 414 g/mol. The molecular formula is C25H26N4O2. The van der Waals surface area contributed by atoms with Gasteiger partial charge in [0.15, 0.2) is 0 Å². The first-order valence-corrected chi connectivity index (χ1v) is 10.5. The molecule has 1 aliphatic rings. The smallest absolute Gasteiger partial charge is 0.270 e. The summed E-state index contributed by atoms with van der Waals surface area (Å²) in [4.78, 5) is 31.3. The van der Waals surface area contributed by atoms with Crippen LogP contribution in [0, 0.1) is 6.92 Å². The maximum Gasteiger partial charge on any atom is 0.270 e. The Bertz CT molecular complexity index is 1050. The number of aromatic nitrogens is 1. The molecule has 2 heterocycles. The molecule has 0 radical (unpaired) electrons. The quantitative estimate of drug-likeness (QED) is 0.620. The number of nitrogens with one attached hydrogen (secondary N) is 2. The molecule has 1 aliphatic heterocycles. The number of likely N-dealkylation sites (tertiary alicyclic amines) is 1. The SMILES string of the molecule is Cc1ccc(CN2CCC(Nc3ccnc(C(=O)NCc4ccccc4)c3)C2=O)cc1. The Morgan fingerprint density at radius 2 is 1.84 bits per heavy atom. The van der Waals surface area contributed by atoms with Crippen molar-refractivity contribution >= 4 is 17.5 Å². The largest absolute Gasteiger partial charge is 0.374 e. The Morgan fingerprint density at radius 3 is 2.61 bits per heavy atom.